The second kappa shape index (κ2) is 7.18. The third-order valence-electron chi connectivity index (χ3n) is 4.65. The second-order valence-corrected chi connectivity index (χ2v) is 6.43. The van der Waals surface area contributed by atoms with Crippen LogP contribution in [0.3, 0.4) is 0 Å². The Morgan fingerprint density at radius 3 is 2.79 bits per heavy atom. The van der Waals surface area contributed by atoms with Gasteiger partial charge in [-0.1, -0.05) is 11.2 Å². The van der Waals surface area contributed by atoms with E-state index in [1.807, 2.05) is 0 Å². The molecule has 2 aromatic carbocycles. The van der Waals surface area contributed by atoms with Crippen molar-refractivity contribution < 1.29 is 18.6 Å². The molecule has 2 heterocycles. The quantitative estimate of drug-likeness (QED) is 0.503. The molecule has 0 N–H and O–H groups in total. The van der Waals surface area contributed by atoms with Crippen molar-refractivity contribution in [3.63, 3.8) is 0 Å². The van der Waals surface area contributed by atoms with E-state index in [4.69, 9.17) is 4.52 Å². The number of aromatic nitrogens is 2. The zero-order chi connectivity index (χ0) is 19.7. The van der Waals surface area contributed by atoms with E-state index in [1.54, 1.807) is 23.1 Å². The van der Waals surface area contributed by atoms with E-state index in [2.05, 4.69) is 10.1 Å². The largest absolute Gasteiger partial charge is 0.337 e. The second-order valence-electron chi connectivity index (χ2n) is 6.43. The first-order valence-corrected chi connectivity index (χ1v) is 8.68. The molecule has 1 saturated heterocycles. The summed E-state index contributed by atoms with van der Waals surface area (Å²) in [6, 6.07) is 10.9. The number of rotatable bonds is 4. The molecule has 3 aromatic rings. The number of carbonyl (C=O) groups excluding carboxylic acids is 1. The summed E-state index contributed by atoms with van der Waals surface area (Å²) in [5.74, 6) is -0.0926. The zero-order valence-corrected chi connectivity index (χ0v) is 14.6. The van der Waals surface area contributed by atoms with Crippen molar-refractivity contribution in [2.45, 2.75) is 18.9 Å². The first-order chi connectivity index (χ1) is 13.5. The summed E-state index contributed by atoms with van der Waals surface area (Å²) in [5, 5.41) is 14.9. The van der Waals surface area contributed by atoms with Crippen molar-refractivity contribution in [2.24, 2.45) is 0 Å². The van der Waals surface area contributed by atoms with Gasteiger partial charge in [0.2, 0.25) is 11.7 Å². The number of nitrogens with zero attached hydrogens (tertiary/aromatic N) is 4. The topological polar surface area (TPSA) is 102 Å². The number of likely N-dealkylation sites (tertiary alicyclic amines) is 1. The highest BCUT2D eigenvalue weighted by molar-refractivity contribution is 5.95. The Labute approximate surface area is 158 Å². The fourth-order valence-electron chi connectivity index (χ4n) is 3.27. The molecule has 9 heteroatoms. The molecule has 0 radical (unpaired) electrons. The highest BCUT2D eigenvalue weighted by atomic mass is 19.1. The van der Waals surface area contributed by atoms with Gasteiger partial charge in [0.25, 0.3) is 11.6 Å². The lowest BCUT2D eigenvalue weighted by Gasteiger charge is -2.21. The molecule has 1 amide bonds. The average molecular weight is 382 g/mol. The highest BCUT2D eigenvalue weighted by Crippen LogP contribution is 2.33. The van der Waals surface area contributed by atoms with Crippen molar-refractivity contribution in [3.8, 4) is 11.4 Å². The van der Waals surface area contributed by atoms with E-state index in [-0.39, 0.29) is 28.9 Å². The molecule has 0 saturated carbocycles. The van der Waals surface area contributed by atoms with Gasteiger partial charge in [0.15, 0.2) is 0 Å². The van der Waals surface area contributed by atoms with Gasteiger partial charge < -0.3 is 9.42 Å². The molecule has 0 spiro atoms. The normalized spacial score (nSPS) is 16.3. The van der Waals surface area contributed by atoms with Gasteiger partial charge in [-0.2, -0.15) is 4.98 Å². The van der Waals surface area contributed by atoms with Gasteiger partial charge in [-0.15, -0.1) is 0 Å². The maximum atomic E-state index is 13.1. The van der Waals surface area contributed by atoms with Crippen LogP contribution < -0.4 is 0 Å². The number of benzene rings is 2. The number of carbonyl (C=O) groups is 1. The predicted octanol–water partition coefficient (Wildman–Crippen LogP) is 3.76. The number of hydrogen-bond donors (Lipinski definition) is 0. The number of hydrogen-bond acceptors (Lipinski definition) is 6. The fraction of sp³-hybridized carbons (Fsp3) is 0.211. The number of nitro groups is 1. The van der Waals surface area contributed by atoms with Crippen LogP contribution in [0.2, 0.25) is 0 Å². The van der Waals surface area contributed by atoms with Gasteiger partial charge in [0.05, 0.1) is 4.92 Å². The summed E-state index contributed by atoms with van der Waals surface area (Å²) in [6.45, 7) is 0.487. The molecule has 0 bridgehead atoms. The lowest BCUT2D eigenvalue weighted by atomic mass is 10.1. The summed E-state index contributed by atoms with van der Waals surface area (Å²) >= 11 is 0. The Balaban J connectivity index is 1.59. The van der Waals surface area contributed by atoms with E-state index in [0.29, 0.717) is 24.4 Å². The van der Waals surface area contributed by atoms with Crippen LogP contribution in [0, 0.1) is 15.9 Å². The van der Waals surface area contributed by atoms with Crippen molar-refractivity contribution in [1.29, 1.82) is 0 Å². The number of halogens is 1. The number of amides is 1. The van der Waals surface area contributed by atoms with E-state index < -0.39 is 11.0 Å². The van der Waals surface area contributed by atoms with E-state index in [1.165, 1.54) is 30.3 Å². The lowest BCUT2D eigenvalue weighted by Crippen LogP contribution is -2.30. The SMILES string of the molecule is O=C(c1cccc([N+](=O)[O-])c1)N1CCC[C@H]1c1nc(-c2ccc(F)cc2)no1. The predicted molar refractivity (Wildman–Crippen MR) is 95.8 cm³/mol. The van der Waals surface area contributed by atoms with Gasteiger partial charge in [-0.3, -0.25) is 14.9 Å². The monoisotopic (exact) mass is 382 g/mol. The van der Waals surface area contributed by atoms with Gasteiger partial charge in [0, 0.05) is 29.8 Å². The van der Waals surface area contributed by atoms with Crippen molar-refractivity contribution in [2.75, 3.05) is 6.54 Å². The molecule has 1 aromatic heterocycles. The average Bonchev–Trinajstić information content (AvgIpc) is 3.37. The summed E-state index contributed by atoms with van der Waals surface area (Å²) in [4.78, 5) is 29.3. The lowest BCUT2D eigenvalue weighted by molar-refractivity contribution is -0.384. The summed E-state index contributed by atoms with van der Waals surface area (Å²) in [7, 11) is 0. The van der Waals surface area contributed by atoms with Crippen LogP contribution in [-0.4, -0.2) is 32.4 Å². The van der Waals surface area contributed by atoms with Crippen molar-refractivity contribution in [1.82, 2.24) is 15.0 Å². The number of nitro benzene ring substituents is 1. The minimum absolute atomic E-state index is 0.141. The van der Waals surface area contributed by atoms with Crippen LogP contribution in [-0.2, 0) is 0 Å². The Morgan fingerprint density at radius 1 is 1.25 bits per heavy atom. The van der Waals surface area contributed by atoms with Crippen LogP contribution in [0.15, 0.2) is 53.1 Å². The molecule has 4 rings (SSSR count). The van der Waals surface area contributed by atoms with Gasteiger partial charge in [-0.05, 0) is 43.2 Å². The molecular formula is C19H15FN4O4. The molecular weight excluding hydrogens is 367 g/mol. The Bertz CT molecular complexity index is 1030. The van der Waals surface area contributed by atoms with Crippen LogP contribution in [0.25, 0.3) is 11.4 Å². The minimum atomic E-state index is -0.536. The van der Waals surface area contributed by atoms with Crippen molar-refractivity contribution in [3.05, 3.63) is 75.9 Å². The molecule has 1 aliphatic heterocycles. The van der Waals surface area contributed by atoms with E-state index in [0.717, 1.165) is 6.42 Å². The van der Waals surface area contributed by atoms with E-state index >= 15 is 0 Å². The van der Waals surface area contributed by atoms with E-state index in [9.17, 15) is 19.3 Å². The molecule has 0 unspecified atom stereocenters. The maximum absolute atomic E-state index is 13.1. The first kappa shape index (κ1) is 17.8. The molecule has 8 nitrogen and oxygen atoms in total. The third-order valence-corrected chi connectivity index (χ3v) is 4.65. The number of non-ortho nitro benzene ring substituents is 1. The molecule has 0 aliphatic carbocycles. The Morgan fingerprint density at radius 2 is 2.04 bits per heavy atom. The zero-order valence-electron chi connectivity index (χ0n) is 14.6. The van der Waals surface area contributed by atoms with Crippen molar-refractivity contribution >= 4 is 11.6 Å². The molecule has 1 aliphatic rings. The van der Waals surface area contributed by atoms with Gasteiger partial charge in [0.1, 0.15) is 11.9 Å². The highest BCUT2D eigenvalue weighted by Gasteiger charge is 2.35. The summed E-state index contributed by atoms with van der Waals surface area (Å²) < 4.78 is 18.4. The molecule has 142 valence electrons. The van der Waals surface area contributed by atoms with Gasteiger partial charge >= 0.3 is 0 Å². The molecule has 1 fully saturated rings. The van der Waals surface area contributed by atoms with Gasteiger partial charge in [-0.25, -0.2) is 4.39 Å². The third kappa shape index (κ3) is 3.34. The van der Waals surface area contributed by atoms with Crippen LogP contribution in [0.5, 0.6) is 0 Å². The molecule has 28 heavy (non-hydrogen) atoms. The fourth-order valence-corrected chi connectivity index (χ4v) is 3.27. The summed E-state index contributed by atoms with van der Waals surface area (Å²) in [6.07, 6.45) is 1.39. The minimum Gasteiger partial charge on any atom is -0.337 e. The first-order valence-electron chi connectivity index (χ1n) is 8.68. The standard InChI is InChI=1S/C19H15FN4O4/c20-14-8-6-12(7-9-14)17-21-18(28-22-17)16-5-2-10-23(16)19(25)13-3-1-4-15(11-13)24(26)27/h1,3-4,6-9,11,16H,2,5,10H2/t16-/m0/s1. The Kier molecular flexibility index (Phi) is 4.56. The van der Waals surface area contributed by atoms with Crippen LogP contribution in [0.1, 0.15) is 35.1 Å². The molecule has 1 atom stereocenters. The van der Waals surface area contributed by atoms with Crippen LogP contribution >= 0.6 is 0 Å². The Hall–Kier alpha value is -3.62. The summed E-state index contributed by atoms with van der Waals surface area (Å²) in [5.41, 5.74) is 0.698. The smallest absolute Gasteiger partial charge is 0.270 e. The maximum Gasteiger partial charge on any atom is 0.270 e. The van der Waals surface area contributed by atoms with Crippen LogP contribution in [0.4, 0.5) is 10.1 Å².